The SMILES string of the molecule is C/C=C/COc1c(CNC(C)C)cccc1OC. The van der Waals surface area contributed by atoms with Gasteiger partial charge in [-0.2, -0.15) is 0 Å². The summed E-state index contributed by atoms with van der Waals surface area (Å²) in [5, 5.41) is 3.39. The summed E-state index contributed by atoms with van der Waals surface area (Å²) in [6.45, 7) is 7.57. The van der Waals surface area contributed by atoms with E-state index in [1.807, 2.05) is 31.2 Å². The van der Waals surface area contributed by atoms with Gasteiger partial charge in [0, 0.05) is 18.2 Å². The fourth-order valence-corrected chi connectivity index (χ4v) is 1.57. The Hall–Kier alpha value is -1.48. The van der Waals surface area contributed by atoms with E-state index in [2.05, 4.69) is 25.2 Å². The van der Waals surface area contributed by atoms with Gasteiger partial charge in [0.15, 0.2) is 11.5 Å². The van der Waals surface area contributed by atoms with Crippen LogP contribution in [0.15, 0.2) is 30.4 Å². The molecule has 0 bridgehead atoms. The van der Waals surface area contributed by atoms with Gasteiger partial charge in [-0.05, 0) is 13.0 Å². The minimum absolute atomic E-state index is 0.444. The molecule has 0 radical (unpaired) electrons. The van der Waals surface area contributed by atoms with Crippen LogP contribution < -0.4 is 14.8 Å². The largest absolute Gasteiger partial charge is 0.493 e. The van der Waals surface area contributed by atoms with E-state index >= 15 is 0 Å². The fourth-order valence-electron chi connectivity index (χ4n) is 1.57. The average Bonchev–Trinajstić information content (AvgIpc) is 2.37. The summed E-state index contributed by atoms with van der Waals surface area (Å²) >= 11 is 0. The number of hydrogen-bond donors (Lipinski definition) is 1. The molecule has 1 N–H and O–H groups in total. The molecule has 1 aromatic rings. The van der Waals surface area contributed by atoms with Gasteiger partial charge in [0.05, 0.1) is 7.11 Å². The highest BCUT2D eigenvalue weighted by Gasteiger charge is 2.10. The third-order valence-electron chi connectivity index (χ3n) is 2.54. The molecule has 0 aromatic heterocycles. The van der Waals surface area contributed by atoms with Crippen LogP contribution in [0.2, 0.25) is 0 Å². The Kier molecular flexibility index (Phi) is 6.29. The Morgan fingerprint density at radius 3 is 2.72 bits per heavy atom. The standard InChI is InChI=1S/C15H23NO2/c1-5-6-10-18-15-13(11-16-12(2)3)8-7-9-14(15)17-4/h5-9,12,16H,10-11H2,1-4H3/b6-5+. The highest BCUT2D eigenvalue weighted by molar-refractivity contribution is 5.46. The average molecular weight is 249 g/mol. The van der Waals surface area contributed by atoms with Crippen molar-refractivity contribution in [2.24, 2.45) is 0 Å². The van der Waals surface area contributed by atoms with Crippen molar-refractivity contribution in [2.45, 2.75) is 33.4 Å². The van der Waals surface area contributed by atoms with Crippen molar-refractivity contribution in [1.82, 2.24) is 5.32 Å². The molecule has 0 amide bonds. The van der Waals surface area contributed by atoms with Crippen LogP contribution in [-0.4, -0.2) is 19.8 Å². The van der Waals surface area contributed by atoms with Crippen LogP contribution in [0.4, 0.5) is 0 Å². The van der Waals surface area contributed by atoms with E-state index in [0.717, 1.165) is 23.6 Å². The minimum atomic E-state index is 0.444. The van der Waals surface area contributed by atoms with E-state index in [1.165, 1.54) is 0 Å². The van der Waals surface area contributed by atoms with E-state index in [-0.39, 0.29) is 0 Å². The Labute approximate surface area is 110 Å². The van der Waals surface area contributed by atoms with Crippen LogP contribution >= 0.6 is 0 Å². The molecule has 0 spiro atoms. The summed E-state index contributed by atoms with van der Waals surface area (Å²) in [7, 11) is 1.66. The van der Waals surface area contributed by atoms with Crippen LogP contribution in [0.1, 0.15) is 26.3 Å². The summed E-state index contributed by atoms with van der Waals surface area (Å²) < 4.78 is 11.1. The van der Waals surface area contributed by atoms with Crippen molar-refractivity contribution < 1.29 is 9.47 Å². The highest BCUT2D eigenvalue weighted by atomic mass is 16.5. The molecule has 0 aliphatic rings. The number of hydrogen-bond acceptors (Lipinski definition) is 3. The summed E-state index contributed by atoms with van der Waals surface area (Å²) in [5.74, 6) is 1.61. The number of rotatable bonds is 7. The molecule has 3 nitrogen and oxygen atoms in total. The minimum Gasteiger partial charge on any atom is -0.493 e. The number of allylic oxidation sites excluding steroid dienone is 1. The van der Waals surface area contributed by atoms with E-state index in [0.29, 0.717) is 12.6 Å². The highest BCUT2D eigenvalue weighted by Crippen LogP contribution is 2.31. The number of methoxy groups -OCH3 is 1. The molecule has 0 saturated carbocycles. The van der Waals surface area contributed by atoms with Crippen molar-refractivity contribution >= 4 is 0 Å². The van der Waals surface area contributed by atoms with Gasteiger partial charge in [-0.3, -0.25) is 0 Å². The van der Waals surface area contributed by atoms with E-state index in [9.17, 15) is 0 Å². The van der Waals surface area contributed by atoms with Crippen LogP contribution in [0, 0.1) is 0 Å². The second kappa shape index (κ2) is 7.77. The Balaban J connectivity index is 2.85. The van der Waals surface area contributed by atoms with Gasteiger partial charge in [0.1, 0.15) is 6.61 Å². The first-order valence-corrected chi connectivity index (χ1v) is 6.32. The molecular formula is C15H23NO2. The lowest BCUT2D eigenvalue weighted by atomic mass is 10.1. The zero-order valence-electron chi connectivity index (χ0n) is 11.7. The van der Waals surface area contributed by atoms with Crippen molar-refractivity contribution in [3.63, 3.8) is 0 Å². The maximum atomic E-state index is 5.78. The predicted molar refractivity (Wildman–Crippen MR) is 75.3 cm³/mol. The first-order chi connectivity index (χ1) is 8.69. The molecule has 1 aromatic carbocycles. The number of para-hydroxylation sites is 1. The molecule has 1 rings (SSSR count). The van der Waals surface area contributed by atoms with Gasteiger partial charge in [-0.15, -0.1) is 0 Å². The van der Waals surface area contributed by atoms with E-state index in [4.69, 9.17) is 9.47 Å². The predicted octanol–water partition coefficient (Wildman–Crippen LogP) is 3.15. The molecular weight excluding hydrogens is 226 g/mol. The normalized spacial score (nSPS) is 11.2. The smallest absolute Gasteiger partial charge is 0.166 e. The lowest BCUT2D eigenvalue weighted by Gasteiger charge is -2.15. The Bertz CT molecular complexity index is 386. The number of ether oxygens (including phenoxy) is 2. The lowest BCUT2D eigenvalue weighted by molar-refractivity contribution is 0.321. The van der Waals surface area contributed by atoms with Crippen LogP contribution in [0.25, 0.3) is 0 Å². The summed E-state index contributed by atoms with van der Waals surface area (Å²) in [6, 6.07) is 6.41. The second-order valence-electron chi connectivity index (χ2n) is 4.36. The fraction of sp³-hybridized carbons (Fsp3) is 0.467. The van der Waals surface area contributed by atoms with Crippen molar-refractivity contribution in [3.05, 3.63) is 35.9 Å². The number of nitrogens with one attached hydrogen (secondary N) is 1. The summed E-state index contributed by atoms with van der Waals surface area (Å²) in [4.78, 5) is 0. The Morgan fingerprint density at radius 1 is 1.33 bits per heavy atom. The van der Waals surface area contributed by atoms with Gasteiger partial charge in [0.2, 0.25) is 0 Å². The van der Waals surface area contributed by atoms with Gasteiger partial charge >= 0.3 is 0 Å². The van der Waals surface area contributed by atoms with Gasteiger partial charge in [0.25, 0.3) is 0 Å². The van der Waals surface area contributed by atoms with Crippen LogP contribution in [0.3, 0.4) is 0 Å². The molecule has 0 fully saturated rings. The molecule has 100 valence electrons. The van der Waals surface area contributed by atoms with Gasteiger partial charge in [-0.25, -0.2) is 0 Å². The molecule has 0 aliphatic carbocycles. The lowest BCUT2D eigenvalue weighted by Crippen LogP contribution is -2.22. The first kappa shape index (κ1) is 14.6. The molecule has 0 unspecified atom stereocenters. The molecule has 0 saturated heterocycles. The van der Waals surface area contributed by atoms with Crippen molar-refractivity contribution in [2.75, 3.05) is 13.7 Å². The van der Waals surface area contributed by atoms with Crippen molar-refractivity contribution in [3.8, 4) is 11.5 Å². The maximum absolute atomic E-state index is 5.78. The zero-order valence-corrected chi connectivity index (χ0v) is 11.7. The second-order valence-corrected chi connectivity index (χ2v) is 4.36. The topological polar surface area (TPSA) is 30.5 Å². The molecule has 0 atom stereocenters. The Morgan fingerprint density at radius 2 is 2.11 bits per heavy atom. The van der Waals surface area contributed by atoms with Gasteiger partial charge in [-0.1, -0.05) is 38.1 Å². The van der Waals surface area contributed by atoms with Crippen LogP contribution in [-0.2, 0) is 6.54 Å². The van der Waals surface area contributed by atoms with Gasteiger partial charge < -0.3 is 14.8 Å². The third-order valence-corrected chi connectivity index (χ3v) is 2.54. The maximum Gasteiger partial charge on any atom is 0.166 e. The quantitative estimate of drug-likeness (QED) is 0.753. The van der Waals surface area contributed by atoms with E-state index in [1.54, 1.807) is 7.11 Å². The molecule has 0 heterocycles. The van der Waals surface area contributed by atoms with E-state index < -0.39 is 0 Å². The van der Waals surface area contributed by atoms with Crippen LogP contribution in [0.5, 0.6) is 11.5 Å². The third kappa shape index (κ3) is 4.41. The molecule has 0 aliphatic heterocycles. The first-order valence-electron chi connectivity index (χ1n) is 6.32. The molecule has 3 heteroatoms. The number of benzene rings is 1. The summed E-state index contributed by atoms with van der Waals surface area (Å²) in [5.41, 5.74) is 1.12. The molecule has 18 heavy (non-hydrogen) atoms. The summed E-state index contributed by atoms with van der Waals surface area (Å²) in [6.07, 6.45) is 3.95. The monoisotopic (exact) mass is 249 g/mol. The zero-order chi connectivity index (χ0) is 13.4. The van der Waals surface area contributed by atoms with Crippen molar-refractivity contribution in [1.29, 1.82) is 0 Å².